The Morgan fingerprint density at radius 1 is 1.33 bits per heavy atom. The van der Waals surface area contributed by atoms with Crippen molar-refractivity contribution >= 4 is 0 Å². The van der Waals surface area contributed by atoms with Crippen molar-refractivity contribution < 1.29 is 18.9 Å². The average molecular weight is 111 g/mol. The summed E-state index contributed by atoms with van der Waals surface area (Å²) in [4.78, 5) is 0. The van der Waals surface area contributed by atoms with Gasteiger partial charge >= 0.3 is 18.9 Å². The molecular formula is C7H6LiN. The quantitative estimate of drug-likeness (QED) is 0.235. The number of aromatic nitrogens is 1. The van der Waals surface area contributed by atoms with Crippen LogP contribution in [0.4, 0.5) is 0 Å². The maximum absolute atomic E-state index is 3.38. The van der Waals surface area contributed by atoms with E-state index in [1.165, 1.54) is 0 Å². The summed E-state index contributed by atoms with van der Waals surface area (Å²) >= 11 is 0. The van der Waals surface area contributed by atoms with Crippen molar-refractivity contribution in [1.82, 2.24) is 4.57 Å². The van der Waals surface area contributed by atoms with E-state index in [0.717, 1.165) is 0 Å². The maximum Gasteiger partial charge on any atom is 1.00 e. The summed E-state index contributed by atoms with van der Waals surface area (Å²) in [5.41, 5.74) is 2.53. The topological polar surface area (TPSA) is 4.93 Å². The zero-order valence-electron chi connectivity index (χ0n) is 5.46. The molecule has 0 aliphatic heterocycles. The normalized spacial score (nSPS) is 7.11. The molecule has 0 unspecified atom stereocenters. The van der Waals surface area contributed by atoms with Crippen LogP contribution < -0.4 is 18.9 Å². The van der Waals surface area contributed by atoms with Crippen LogP contribution in [0.25, 0.3) is 0 Å². The van der Waals surface area contributed by atoms with Crippen molar-refractivity contribution in [2.24, 2.45) is 0 Å². The number of nitrogens with zero attached hydrogens (tertiary/aromatic N) is 1. The monoisotopic (exact) mass is 111 g/mol. The van der Waals surface area contributed by atoms with Crippen LogP contribution in [-0.2, 0) is 0 Å². The fourth-order valence-corrected chi connectivity index (χ4v) is 0.500. The van der Waals surface area contributed by atoms with E-state index in [1.54, 1.807) is 4.57 Å². The first kappa shape index (κ1) is 8.40. The van der Waals surface area contributed by atoms with Crippen LogP contribution in [0.5, 0.6) is 0 Å². The van der Waals surface area contributed by atoms with Gasteiger partial charge in [-0.2, -0.15) is 0 Å². The molecule has 0 bridgehead atoms. The number of rotatable bonds is 1. The minimum absolute atomic E-state index is 0. The Labute approximate surface area is 66.9 Å². The molecule has 1 aromatic rings. The molecule has 1 nitrogen and oxygen atoms in total. The Hall–Kier alpha value is -0.603. The average Bonchev–Trinajstić information content (AvgIpc) is 2.19. The number of hydrogen-bond acceptors (Lipinski definition) is 0. The molecule has 1 rings (SSSR count). The molecule has 1 aromatic heterocycles. The Morgan fingerprint density at radius 2 is 1.89 bits per heavy atom. The molecule has 0 saturated carbocycles. The van der Waals surface area contributed by atoms with E-state index in [2.05, 4.69) is 18.5 Å². The van der Waals surface area contributed by atoms with E-state index in [1.807, 2.05) is 24.5 Å². The van der Waals surface area contributed by atoms with Crippen molar-refractivity contribution in [3.05, 3.63) is 43.0 Å². The minimum Gasteiger partial charge on any atom is -0.442 e. The molecule has 0 radical (unpaired) electrons. The van der Waals surface area contributed by atoms with Crippen LogP contribution in [0.15, 0.2) is 36.8 Å². The fraction of sp³-hybridized carbons (Fsp3) is 0. The summed E-state index contributed by atoms with van der Waals surface area (Å²) in [6, 6.07) is 3.84. The third-order valence-corrected chi connectivity index (χ3v) is 0.813. The van der Waals surface area contributed by atoms with Gasteiger partial charge in [-0.05, 0) is 6.20 Å². The van der Waals surface area contributed by atoms with E-state index in [9.17, 15) is 0 Å². The van der Waals surface area contributed by atoms with Gasteiger partial charge in [0.25, 0.3) is 0 Å². The molecule has 0 spiro atoms. The molecule has 0 aliphatic rings. The Bertz CT molecular complexity index is 195. The molecular weight excluding hydrogens is 105 g/mol. The SMILES string of the molecule is C=C=[C-]n1cccc1.[Li+]. The maximum atomic E-state index is 3.38. The van der Waals surface area contributed by atoms with Crippen LogP contribution >= 0.6 is 0 Å². The first-order chi connectivity index (χ1) is 3.93. The summed E-state index contributed by atoms with van der Waals surface area (Å²) in [7, 11) is 0. The van der Waals surface area contributed by atoms with Gasteiger partial charge in [0.05, 0.1) is 0 Å². The first-order valence-corrected chi connectivity index (χ1v) is 2.34. The summed E-state index contributed by atoms with van der Waals surface area (Å²) in [5.74, 6) is 0. The largest absolute Gasteiger partial charge is 1.00 e. The van der Waals surface area contributed by atoms with E-state index in [0.29, 0.717) is 0 Å². The van der Waals surface area contributed by atoms with Gasteiger partial charge in [-0.3, -0.25) is 0 Å². The zero-order valence-corrected chi connectivity index (χ0v) is 5.46. The Balaban J connectivity index is 0.000000640. The van der Waals surface area contributed by atoms with E-state index >= 15 is 0 Å². The van der Waals surface area contributed by atoms with Crippen molar-refractivity contribution in [1.29, 1.82) is 0 Å². The van der Waals surface area contributed by atoms with Crippen molar-refractivity contribution in [3.8, 4) is 0 Å². The second kappa shape index (κ2) is 4.29. The van der Waals surface area contributed by atoms with Crippen molar-refractivity contribution in [2.45, 2.75) is 0 Å². The van der Waals surface area contributed by atoms with Crippen LogP contribution in [0.2, 0.25) is 0 Å². The van der Waals surface area contributed by atoms with Gasteiger partial charge in [-0.15, -0.1) is 6.58 Å². The Kier molecular flexibility index (Phi) is 4.01. The van der Waals surface area contributed by atoms with Gasteiger partial charge in [0.15, 0.2) is 0 Å². The molecule has 0 fully saturated rings. The molecule has 0 saturated heterocycles. The molecule has 0 atom stereocenters. The van der Waals surface area contributed by atoms with Gasteiger partial charge in [0.2, 0.25) is 0 Å². The molecule has 1 heterocycles. The summed E-state index contributed by atoms with van der Waals surface area (Å²) in [6.45, 7) is 3.38. The minimum atomic E-state index is 0. The second-order valence-electron chi connectivity index (χ2n) is 1.38. The molecule has 0 amide bonds. The van der Waals surface area contributed by atoms with Gasteiger partial charge in [0.1, 0.15) is 0 Å². The van der Waals surface area contributed by atoms with Crippen molar-refractivity contribution in [3.63, 3.8) is 0 Å². The third kappa shape index (κ3) is 2.44. The van der Waals surface area contributed by atoms with E-state index < -0.39 is 0 Å². The predicted octanol–water partition coefficient (Wildman–Crippen LogP) is -1.56. The Morgan fingerprint density at radius 3 is 2.33 bits per heavy atom. The summed E-state index contributed by atoms with van der Waals surface area (Å²) < 4.78 is 1.76. The van der Waals surface area contributed by atoms with E-state index in [4.69, 9.17) is 0 Å². The standard InChI is InChI=1S/C7H6N.Li/c1-2-5-8-6-3-4-7-8;/h3-4,6-7H,1H2;/q-1;+1. The first-order valence-electron chi connectivity index (χ1n) is 2.34. The molecule has 9 heavy (non-hydrogen) atoms. The van der Waals surface area contributed by atoms with Crippen LogP contribution in [0.1, 0.15) is 0 Å². The van der Waals surface area contributed by atoms with Gasteiger partial charge in [0, 0.05) is 0 Å². The zero-order chi connectivity index (χ0) is 5.82. The van der Waals surface area contributed by atoms with Gasteiger partial charge in [-0.25, -0.2) is 5.73 Å². The smallest absolute Gasteiger partial charge is 0.442 e. The molecule has 0 N–H and O–H groups in total. The summed E-state index contributed by atoms with van der Waals surface area (Å²) in [6.07, 6.45) is 6.49. The summed E-state index contributed by atoms with van der Waals surface area (Å²) in [5, 5.41) is 0. The van der Waals surface area contributed by atoms with E-state index in [-0.39, 0.29) is 18.9 Å². The third-order valence-electron chi connectivity index (χ3n) is 0.813. The number of hydrogen-bond donors (Lipinski definition) is 0. The second-order valence-corrected chi connectivity index (χ2v) is 1.38. The molecule has 0 aliphatic carbocycles. The molecule has 0 aromatic carbocycles. The molecule has 40 valence electrons. The van der Waals surface area contributed by atoms with Crippen LogP contribution in [0.3, 0.4) is 0 Å². The van der Waals surface area contributed by atoms with Crippen LogP contribution in [-0.4, -0.2) is 4.57 Å². The van der Waals surface area contributed by atoms with Gasteiger partial charge in [-0.1, -0.05) is 24.5 Å². The molecule has 2 heteroatoms. The fourth-order valence-electron chi connectivity index (χ4n) is 0.500. The predicted molar refractivity (Wildman–Crippen MR) is 32.2 cm³/mol. The van der Waals surface area contributed by atoms with Crippen molar-refractivity contribution in [2.75, 3.05) is 0 Å². The van der Waals surface area contributed by atoms with Crippen LogP contribution in [0, 0.1) is 6.20 Å². The van der Waals surface area contributed by atoms with Gasteiger partial charge < -0.3 is 4.57 Å².